The minimum Gasteiger partial charge on any atom is -0.372 e. The van der Waals surface area contributed by atoms with Crippen LogP contribution < -0.4 is 15.5 Å². The van der Waals surface area contributed by atoms with Crippen LogP contribution >= 0.6 is 0 Å². The van der Waals surface area contributed by atoms with Gasteiger partial charge in [0, 0.05) is 37.1 Å². The van der Waals surface area contributed by atoms with Crippen LogP contribution in [-0.4, -0.2) is 35.5 Å². The van der Waals surface area contributed by atoms with Gasteiger partial charge in [-0.1, -0.05) is 6.92 Å². The lowest BCUT2D eigenvalue weighted by molar-refractivity contribution is 0.102. The van der Waals surface area contributed by atoms with Gasteiger partial charge in [-0.05, 0) is 51.5 Å². The summed E-state index contributed by atoms with van der Waals surface area (Å²) in [7, 11) is 0. The first-order valence-corrected chi connectivity index (χ1v) is 8.83. The zero-order chi connectivity index (χ0) is 18.2. The maximum Gasteiger partial charge on any atom is 0.274 e. The Hall–Kier alpha value is -2.63. The summed E-state index contributed by atoms with van der Waals surface area (Å²) in [6.07, 6.45) is 0.990. The lowest BCUT2D eigenvalue weighted by Crippen LogP contribution is -2.21. The van der Waals surface area contributed by atoms with Crippen molar-refractivity contribution in [2.45, 2.75) is 34.1 Å². The standard InChI is InChI=1S/C19H27N5O/c1-5-12-20-18-13-17(21-14(4)22-18)19(25)23-15-8-10-16(11-9-15)24(6-2)7-3/h8-11,13H,5-7,12H2,1-4H3,(H,23,25)(H,20,21,22). The molecule has 0 spiro atoms. The van der Waals surface area contributed by atoms with Gasteiger partial charge in [-0.15, -0.1) is 0 Å². The number of rotatable bonds is 8. The van der Waals surface area contributed by atoms with Crippen LogP contribution in [0.4, 0.5) is 17.2 Å². The lowest BCUT2D eigenvalue weighted by atomic mass is 10.2. The Morgan fingerprint density at radius 3 is 2.36 bits per heavy atom. The lowest BCUT2D eigenvalue weighted by Gasteiger charge is -2.21. The molecule has 134 valence electrons. The van der Waals surface area contributed by atoms with E-state index in [9.17, 15) is 4.79 Å². The molecule has 6 heteroatoms. The number of carbonyl (C=O) groups excluding carboxylic acids is 1. The average molecular weight is 341 g/mol. The zero-order valence-corrected chi connectivity index (χ0v) is 15.5. The second-order valence-electron chi connectivity index (χ2n) is 5.79. The van der Waals surface area contributed by atoms with Gasteiger partial charge in [0.05, 0.1) is 0 Å². The molecule has 0 fully saturated rings. The monoisotopic (exact) mass is 341 g/mol. The molecule has 2 aromatic rings. The van der Waals surface area contributed by atoms with Gasteiger partial charge in [0.1, 0.15) is 17.3 Å². The fourth-order valence-electron chi connectivity index (χ4n) is 2.57. The highest BCUT2D eigenvalue weighted by Gasteiger charge is 2.11. The molecular formula is C19H27N5O. The van der Waals surface area contributed by atoms with Gasteiger partial charge >= 0.3 is 0 Å². The fourth-order valence-corrected chi connectivity index (χ4v) is 2.57. The molecule has 2 rings (SSSR count). The minimum atomic E-state index is -0.236. The van der Waals surface area contributed by atoms with E-state index in [1.165, 1.54) is 0 Å². The Morgan fingerprint density at radius 1 is 1.08 bits per heavy atom. The van der Waals surface area contributed by atoms with Crippen LogP contribution in [0.3, 0.4) is 0 Å². The summed E-state index contributed by atoms with van der Waals surface area (Å²) in [6, 6.07) is 9.54. The molecule has 0 saturated carbocycles. The summed E-state index contributed by atoms with van der Waals surface area (Å²) in [5.41, 5.74) is 2.26. The maximum absolute atomic E-state index is 12.5. The molecule has 0 saturated heterocycles. The molecule has 0 aliphatic carbocycles. The molecule has 1 amide bonds. The molecule has 0 aliphatic heterocycles. The van der Waals surface area contributed by atoms with Crippen LogP contribution in [0.2, 0.25) is 0 Å². The van der Waals surface area contributed by atoms with Gasteiger partial charge in [0.15, 0.2) is 0 Å². The van der Waals surface area contributed by atoms with Gasteiger partial charge in [0.2, 0.25) is 0 Å². The van der Waals surface area contributed by atoms with E-state index >= 15 is 0 Å². The molecule has 0 aliphatic rings. The molecule has 0 bridgehead atoms. The maximum atomic E-state index is 12.5. The first-order chi connectivity index (χ1) is 12.1. The number of carbonyl (C=O) groups is 1. The number of aromatic nitrogens is 2. The Labute approximate surface area is 149 Å². The van der Waals surface area contributed by atoms with E-state index < -0.39 is 0 Å². The molecule has 1 aromatic carbocycles. The number of nitrogens with zero attached hydrogens (tertiary/aromatic N) is 3. The van der Waals surface area contributed by atoms with E-state index in [0.717, 1.165) is 37.4 Å². The van der Waals surface area contributed by atoms with Crippen molar-refractivity contribution in [2.75, 3.05) is 35.2 Å². The van der Waals surface area contributed by atoms with E-state index in [-0.39, 0.29) is 5.91 Å². The molecule has 0 atom stereocenters. The zero-order valence-electron chi connectivity index (χ0n) is 15.5. The van der Waals surface area contributed by atoms with Gasteiger partial charge < -0.3 is 15.5 Å². The third-order valence-corrected chi connectivity index (χ3v) is 3.88. The number of amides is 1. The Kier molecular flexibility index (Phi) is 6.74. The van der Waals surface area contributed by atoms with Crippen molar-refractivity contribution in [3.63, 3.8) is 0 Å². The molecule has 25 heavy (non-hydrogen) atoms. The van der Waals surface area contributed by atoms with Crippen molar-refractivity contribution in [3.8, 4) is 0 Å². The predicted octanol–water partition coefficient (Wildman–Crippen LogP) is 3.71. The summed E-state index contributed by atoms with van der Waals surface area (Å²) < 4.78 is 0. The topological polar surface area (TPSA) is 70.2 Å². The van der Waals surface area contributed by atoms with Crippen LogP contribution in [0, 0.1) is 6.92 Å². The first kappa shape index (κ1) is 18.7. The summed E-state index contributed by atoms with van der Waals surface area (Å²) in [6.45, 7) is 10.8. The van der Waals surface area contributed by atoms with Crippen molar-refractivity contribution in [1.82, 2.24) is 9.97 Å². The van der Waals surface area contributed by atoms with Gasteiger partial charge in [-0.25, -0.2) is 9.97 Å². The van der Waals surface area contributed by atoms with Crippen LogP contribution in [0.5, 0.6) is 0 Å². The molecule has 6 nitrogen and oxygen atoms in total. The molecule has 1 aromatic heterocycles. The van der Waals surface area contributed by atoms with Crippen molar-refractivity contribution >= 4 is 23.1 Å². The summed E-state index contributed by atoms with van der Waals surface area (Å²) in [4.78, 5) is 23.3. The second-order valence-corrected chi connectivity index (χ2v) is 5.79. The van der Waals surface area contributed by atoms with Crippen LogP contribution in [-0.2, 0) is 0 Å². The van der Waals surface area contributed by atoms with E-state index in [1.54, 1.807) is 13.0 Å². The van der Waals surface area contributed by atoms with E-state index in [4.69, 9.17) is 0 Å². The largest absolute Gasteiger partial charge is 0.372 e. The minimum absolute atomic E-state index is 0.236. The Morgan fingerprint density at radius 2 is 1.76 bits per heavy atom. The third-order valence-electron chi connectivity index (χ3n) is 3.88. The molecule has 2 N–H and O–H groups in total. The number of hydrogen-bond acceptors (Lipinski definition) is 5. The highest BCUT2D eigenvalue weighted by Crippen LogP contribution is 2.18. The number of benzene rings is 1. The van der Waals surface area contributed by atoms with Crippen molar-refractivity contribution < 1.29 is 4.79 Å². The fraction of sp³-hybridized carbons (Fsp3) is 0.421. The first-order valence-electron chi connectivity index (χ1n) is 8.83. The van der Waals surface area contributed by atoms with E-state index in [1.807, 2.05) is 24.3 Å². The van der Waals surface area contributed by atoms with Gasteiger partial charge in [0.25, 0.3) is 5.91 Å². The van der Waals surface area contributed by atoms with E-state index in [2.05, 4.69) is 46.3 Å². The smallest absolute Gasteiger partial charge is 0.274 e. The Bertz CT molecular complexity index is 695. The van der Waals surface area contributed by atoms with Crippen LogP contribution in [0.1, 0.15) is 43.5 Å². The van der Waals surface area contributed by atoms with Crippen LogP contribution in [0.15, 0.2) is 30.3 Å². The summed E-state index contributed by atoms with van der Waals surface area (Å²) >= 11 is 0. The normalized spacial score (nSPS) is 10.4. The number of nitrogens with one attached hydrogen (secondary N) is 2. The highest BCUT2D eigenvalue weighted by molar-refractivity contribution is 6.03. The highest BCUT2D eigenvalue weighted by atomic mass is 16.1. The van der Waals surface area contributed by atoms with E-state index in [0.29, 0.717) is 17.3 Å². The molecule has 0 radical (unpaired) electrons. The third kappa shape index (κ3) is 5.17. The number of hydrogen-bond donors (Lipinski definition) is 2. The SMILES string of the molecule is CCCNc1cc(C(=O)Nc2ccc(N(CC)CC)cc2)nc(C)n1. The van der Waals surface area contributed by atoms with Crippen molar-refractivity contribution in [3.05, 3.63) is 41.9 Å². The Balaban J connectivity index is 2.10. The van der Waals surface area contributed by atoms with Gasteiger partial charge in [-0.2, -0.15) is 0 Å². The second kappa shape index (κ2) is 9.01. The molecule has 0 unspecified atom stereocenters. The van der Waals surface area contributed by atoms with Crippen molar-refractivity contribution in [1.29, 1.82) is 0 Å². The molecule has 1 heterocycles. The van der Waals surface area contributed by atoms with Gasteiger partial charge in [-0.3, -0.25) is 4.79 Å². The molecular weight excluding hydrogens is 314 g/mol. The van der Waals surface area contributed by atoms with Crippen molar-refractivity contribution in [2.24, 2.45) is 0 Å². The van der Waals surface area contributed by atoms with Crippen LogP contribution in [0.25, 0.3) is 0 Å². The summed E-state index contributed by atoms with van der Waals surface area (Å²) in [5, 5.41) is 6.09. The quantitative estimate of drug-likeness (QED) is 0.766. The average Bonchev–Trinajstić information content (AvgIpc) is 2.62. The number of anilines is 3. The predicted molar refractivity (Wildman–Crippen MR) is 104 cm³/mol. The summed E-state index contributed by atoms with van der Waals surface area (Å²) in [5.74, 6) is 1.01. The number of aryl methyl sites for hydroxylation is 1.